The fourth-order valence-electron chi connectivity index (χ4n) is 0.108. The van der Waals surface area contributed by atoms with E-state index in [9.17, 15) is 0 Å². The van der Waals surface area contributed by atoms with E-state index in [0.29, 0.717) is 7.47 Å². The van der Waals surface area contributed by atoms with Gasteiger partial charge in [0, 0.05) is 0 Å². The first-order valence-corrected chi connectivity index (χ1v) is 13.8. The van der Waals surface area contributed by atoms with Gasteiger partial charge in [0.15, 0.2) is 0 Å². The van der Waals surface area contributed by atoms with Crippen LogP contribution in [0.5, 0.6) is 0 Å². The average molecular weight is 284 g/mol. The van der Waals surface area contributed by atoms with Crippen molar-refractivity contribution in [2.75, 3.05) is 0 Å². The first-order chi connectivity index (χ1) is 4.81. The number of hydrogen-bond acceptors (Lipinski definition) is 3. The van der Waals surface area contributed by atoms with Crippen LogP contribution < -0.4 is 0 Å². The SMILES string of the molecule is OOP(#P)P=PP=PPS. The van der Waals surface area contributed by atoms with Crippen molar-refractivity contribution in [2.45, 2.75) is 0 Å². The van der Waals surface area contributed by atoms with E-state index in [0.717, 1.165) is 7.56 Å². The first kappa shape index (κ1) is 12.6. The summed E-state index contributed by atoms with van der Waals surface area (Å²) in [4.78, 5) is 0. The molecule has 0 aliphatic carbocycles. The number of hydrogen-bond donors (Lipinski definition) is 2. The van der Waals surface area contributed by atoms with Gasteiger partial charge in [-0.3, -0.25) is 0 Å². The van der Waals surface area contributed by atoms with Gasteiger partial charge in [-0.05, 0) is 0 Å². The Morgan fingerprint density at radius 2 is 2.30 bits per heavy atom. The summed E-state index contributed by atoms with van der Waals surface area (Å²) in [5.41, 5.74) is 0. The Bertz CT molecular complexity index is 186. The van der Waals surface area contributed by atoms with Crippen LogP contribution in [0.25, 0.3) is 0 Å². The van der Waals surface area contributed by atoms with E-state index in [1.807, 2.05) is 0 Å². The summed E-state index contributed by atoms with van der Waals surface area (Å²) in [6, 6.07) is 0. The van der Waals surface area contributed by atoms with Crippen molar-refractivity contribution in [3.8, 4) is 0 Å². The molecular formula is H3O2P7S. The van der Waals surface area contributed by atoms with E-state index >= 15 is 0 Å². The molecule has 2 nitrogen and oxygen atoms in total. The molecule has 0 aromatic rings. The van der Waals surface area contributed by atoms with Gasteiger partial charge >= 0.3 is 75.2 Å². The summed E-state index contributed by atoms with van der Waals surface area (Å²) in [7, 11) is 9.57. The molecule has 56 valence electrons. The van der Waals surface area contributed by atoms with Gasteiger partial charge in [-0.2, -0.15) is 0 Å². The normalized spacial score (nSPS) is 14.3. The zero-order chi connectivity index (χ0) is 7.82. The van der Waals surface area contributed by atoms with Crippen molar-refractivity contribution in [2.24, 2.45) is 0 Å². The Labute approximate surface area is 75.2 Å². The Balaban J connectivity index is 3.59. The van der Waals surface area contributed by atoms with E-state index in [1.165, 1.54) is 22.7 Å². The molecule has 0 aliphatic heterocycles. The van der Waals surface area contributed by atoms with Gasteiger partial charge in [-0.15, -0.1) is 0 Å². The predicted octanol–water partition coefficient (Wildman–Crippen LogP) is 6.08. The zero-order valence-corrected chi connectivity index (χ0v) is 11.7. The van der Waals surface area contributed by atoms with Crippen LogP contribution in [0.1, 0.15) is 0 Å². The van der Waals surface area contributed by atoms with Gasteiger partial charge in [0.1, 0.15) is 0 Å². The van der Waals surface area contributed by atoms with Gasteiger partial charge in [0.2, 0.25) is 0 Å². The molecule has 0 heterocycles. The van der Waals surface area contributed by atoms with Gasteiger partial charge in [0.25, 0.3) is 0 Å². The second-order valence-electron chi connectivity index (χ2n) is 0.803. The molecule has 0 aromatic carbocycles. The van der Waals surface area contributed by atoms with Crippen molar-refractivity contribution < 1.29 is 9.93 Å². The van der Waals surface area contributed by atoms with E-state index in [4.69, 9.17) is 5.26 Å². The molecule has 10 heteroatoms. The predicted molar refractivity (Wildman–Crippen MR) is 62.5 cm³/mol. The third-order valence-corrected chi connectivity index (χ3v) is 18.6. The van der Waals surface area contributed by atoms with E-state index in [-0.39, 0.29) is 0 Å². The molecule has 0 aromatic heterocycles. The zero-order valence-electron chi connectivity index (χ0n) is 4.49. The molecule has 0 radical (unpaired) electrons. The molecule has 10 heavy (non-hydrogen) atoms. The van der Waals surface area contributed by atoms with E-state index in [2.05, 4.69) is 25.3 Å². The third-order valence-electron chi connectivity index (χ3n) is 0.319. The fourth-order valence-corrected chi connectivity index (χ4v) is 20.2. The monoisotopic (exact) mass is 284 g/mol. The summed E-state index contributed by atoms with van der Waals surface area (Å²) >= 11 is 4.07. The van der Waals surface area contributed by atoms with Crippen molar-refractivity contribution >= 4 is 65.2 Å². The van der Waals surface area contributed by atoms with Gasteiger partial charge in [0.05, 0.1) is 0 Å². The van der Waals surface area contributed by atoms with Crippen LogP contribution in [-0.2, 0) is 4.67 Å². The maximum atomic E-state index is 8.11. The molecule has 1 N–H and O–H groups in total. The van der Waals surface area contributed by atoms with Gasteiger partial charge in [-0.25, -0.2) is 0 Å². The van der Waals surface area contributed by atoms with Crippen LogP contribution in [0.4, 0.5) is 0 Å². The minimum atomic E-state index is -0.918. The molecule has 0 spiro atoms. The minimum absolute atomic E-state index is 0.684. The molecule has 0 amide bonds. The van der Waals surface area contributed by atoms with Crippen molar-refractivity contribution in [1.29, 1.82) is 0 Å². The molecular weight excluding hydrogens is 281 g/mol. The Hall–Kier alpha value is 2.63. The Morgan fingerprint density at radius 1 is 1.60 bits per heavy atom. The van der Waals surface area contributed by atoms with Gasteiger partial charge < -0.3 is 0 Å². The summed E-state index contributed by atoms with van der Waals surface area (Å²) < 4.78 is 4.02. The average Bonchev–Trinajstić information content (AvgIpc) is 1.98. The Kier molecular flexibility index (Phi) is 12.3. The van der Waals surface area contributed by atoms with E-state index in [1.54, 1.807) is 0 Å². The quantitative estimate of drug-likeness (QED) is 0.278. The van der Waals surface area contributed by atoms with Crippen LogP contribution in [0.3, 0.4) is 0 Å². The van der Waals surface area contributed by atoms with Crippen LogP contribution in [-0.4, -0.2) is 5.26 Å². The third kappa shape index (κ3) is 8.72. The molecule has 0 saturated heterocycles. The van der Waals surface area contributed by atoms with Crippen LogP contribution >= 0.6 is 65.2 Å². The van der Waals surface area contributed by atoms with Crippen LogP contribution in [0, 0.1) is 0 Å². The Morgan fingerprint density at radius 3 is 2.80 bits per heavy atom. The molecule has 0 bridgehead atoms. The second kappa shape index (κ2) is 9.72. The molecule has 0 fully saturated rings. The first-order valence-electron chi connectivity index (χ1n) is 1.81. The van der Waals surface area contributed by atoms with Crippen LogP contribution in [0.2, 0.25) is 0 Å². The number of thiol groups is 1. The van der Waals surface area contributed by atoms with Crippen molar-refractivity contribution in [3.63, 3.8) is 0 Å². The van der Waals surface area contributed by atoms with Gasteiger partial charge in [-0.1, -0.05) is 0 Å². The van der Waals surface area contributed by atoms with Crippen LogP contribution in [0.15, 0.2) is 0 Å². The van der Waals surface area contributed by atoms with Crippen molar-refractivity contribution in [1.82, 2.24) is 0 Å². The van der Waals surface area contributed by atoms with E-state index < -0.39 is 6.94 Å². The number of rotatable bonds is 2. The second-order valence-corrected chi connectivity index (χ2v) is 16.8. The molecule has 2 unspecified atom stereocenters. The fraction of sp³-hybridized carbons (Fsp3) is 0. The summed E-state index contributed by atoms with van der Waals surface area (Å²) in [6.07, 6.45) is 0. The molecule has 0 aliphatic rings. The topological polar surface area (TPSA) is 29.5 Å². The summed E-state index contributed by atoms with van der Waals surface area (Å²) in [5, 5.41) is 8.11. The summed E-state index contributed by atoms with van der Waals surface area (Å²) in [5.74, 6) is 0. The standard InChI is InChI=1S/H3O2P7S/c1-2-9(3)7-5-4-6-8-10/h1,8,10H. The molecule has 0 saturated carbocycles. The molecule has 0 rings (SSSR count). The maximum absolute atomic E-state index is 8.11. The van der Waals surface area contributed by atoms with Crippen molar-refractivity contribution in [3.05, 3.63) is 0 Å². The molecule has 2 atom stereocenters. The summed E-state index contributed by atoms with van der Waals surface area (Å²) in [6.45, 7) is -0.918.